The molecule has 1 atom stereocenters. The molecule has 0 aliphatic rings. The number of benzene rings is 1. The van der Waals surface area contributed by atoms with Gasteiger partial charge in [0.25, 0.3) is 0 Å². The Bertz CT molecular complexity index is 808. The smallest absolute Gasteiger partial charge is 0.417 e. The molecule has 1 aromatic carbocycles. The van der Waals surface area contributed by atoms with Crippen molar-refractivity contribution in [2.24, 2.45) is 5.10 Å². The van der Waals surface area contributed by atoms with E-state index in [1.54, 1.807) is 29.3 Å². The highest BCUT2D eigenvalue weighted by Crippen LogP contribution is 2.34. The van der Waals surface area contributed by atoms with Crippen molar-refractivity contribution in [3.8, 4) is 17.4 Å². The maximum Gasteiger partial charge on any atom is 0.417 e. The van der Waals surface area contributed by atoms with Gasteiger partial charge in [0.15, 0.2) is 0 Å². The predicted molar refractivity (Wildman–Crippen MR) is 97.7 cm³/mol. The first-order valence-electron chi connectivity index (χ1n) is 7.96. The van der Waals surface area contributed by atoms with E-state index in [1.807, 2.05) is 27.9 Å². The van der Waals surface area contributed by atoms with Gasteiger partial charge in [-0.15, -0.1) is 0 Å². The molecule has 1 unspecified atom stereocenters. The minimum Gasteiger partial charge on any atom is -0.485 e. The van der Waals surface area contributed by atoms with Crippen molar-refractivity contribution in [3.63, 3.8) is 0 Å². The summed E-state index contributed by atoms with van der Waals surface area (Å²) in [7, 11) is 3.64. The number of nitrogens with zero attached hydrogens (tertiary/aromatic N) is 3. The Labute approximate surface area is 160 Å². The molecule has 2 aromatic rings. The molecule has 0 saturated heterocycles. The zero-order valence-electron chi connectivity index (χ0n) is 15.2. The second kappa shape index (κ2) is 8.47. The SMILES string of the molecule is CC(=NN(C)C)C(C)Oc1ccc(Oc2ncc(C(F)(F)F)cc2Cl)cc1. The van der Waals surface area contributed by atoms with E-state index in [-0.39, 0.29) is 17.0 Å². The Kier molecular flexibility index (Phi) is 6.54. The molecule has 5 nitrogen and oxygen atoms in total. The molecule has 0 fully saturated rings. The topological polar surface area (TPSA) is 47.0 Å². The zero-order chi connectivity index (χ0) is 20.2. The molecule has 9 heteroatoms. The largest absolute Gasteiger partial charge is 0.485 e. The molecule has 0 bridgehead atoms. The van der Waals surface area contributed by atoms with Crippen LogP contribution >= 0.6 is 11.6 Å². The molecule has 0 spiro atoms. The monoisotopic (exact) mass is 401 g/mol. The van der Waals surface area contributed by atoms with Crippen LogP contribution in [-0.4, -0.2) is 35.9 Å². The average Bonchev–Trinajstić information content (AvgIpc) is 2.56. The summed E-state index contributed by atoms with van der Waals surface area (Å²) in [5.41, 5.74) is -0.131. The highest BCUT2D eigenvalue weighted by atomic mass is 35.5. The first-order chi connectivity index (χ1) is 12.6. The van der Waals surface area contributed by atoms with E-state index in [9.17, 15) is 13.2 Å². The summed E-state index contributed by atoms with van der Waals surface area (Å²) < 4.78 is 49.1. The molecule has 0 radical (unpaired) electrons. The van der Waals surface area contributed by atoms with Gasteiger partial charge in [0, 0.05) is 20.3 Å². The number of hydrogen-bond acceptors (Lipinski definition) is 5. The summed E-state index contributed by atoms with van der Waals surface area (Å²) in [4.78, 5) is 3.64. The van der Waals surface area contributed by atoms with E-state index in [1.165, 1.54) is 0 Å². The molecule has 2 rings (SSSR count). The Morgan fingerprint density at radius 1 is 1.19 bits per heavy atom. The van der Waals surface area contributed by atoms with Crippen LogP contribution < -0.4 is 9.47 Å². The molecule has 27 heavy (non-hydrogen) atoms. The Morgan fingerprint density at radius 3 is 2.30 bits per heavy atom. The van der Waals surface area contributed by atoms with Crippen LogP contribution in [0, 0.1) is 0 Å². The minimum atomic E-state index is -4.52. The first-order valence-corrected chi connectivity index (χ1v) is 8.34. The van der Waals surface area contributed by atoms with E-state index in [2.05, 4.69) is 10.1 Å². The van der Waals surface area contributed by atoms with Crippen LogP contribution in [0.2, 0.25) is 5.02 Å². The number of ether oxygens (including phenoxy) is 2. The Morgan fingerprint density at radius 2 is 1.78 bits per heavy atom. The summed E-state index contributed by atoms with van der Waals surface area (Å²) in [5.74, 6) is 0.845. The number of alkyl halides is 3. The number of halogens is 4. The minimum absolute atomic E-state index is 0.110. The quantitative estimate of drug-likeness (QED) is 0.490. The lowest BCUT2D eigenvalue weighted by atomic mass is 10.2. The third kappa shape index (κ3) is 6.02. The van der Waals surface area contributed by atoms with Crippen LogP contribution in [0.25, 0.3) is 0 Å². The summed E-state index contributed by atoms with van der Waals surface area (Å²) in [6, 6.07) is 7.34. The van der Waals surface area contributed by atoms with Crippen molar-refractivity contribution in [2.45, 2.75) is 26.1 Å². The van der Waals surface area contributed by atoms with Gasteiger partial charge in [0.1, 0.15) is 22.6 Å². The highest BCUT2D eigenvalue weighted by Gasteiger charge is 2.31. The number of pyridine rings is 1. The molecule has 1 heterocycles. The Hall–Kier alpha value is -2.48. The van der Waals surface area contributed by atoms with Crippen LogP contribution in [0.3, 0.4) is 0 Å². The third-order valence-electron chi connectivity index (χ3n) is 3.43. The van der Waals surface area contributed by atoms with Gasteiger partial charge in [0.2, 0.25) is 5.88 Å². The lowest BCUT2D eigenvalue weighted by molar-refractivity contribution is -0.137. The van der Waals surface area contributed by atoms with Gasteiger partial charge < -0.3 is 14.5 Å². The van der Waals surface area contributed by atoms with E-state index in [0.29, 0.717) is 17.7 Å². The molecular weight excluding hydrogens is 383 g/mol. The van der Waals surface area contributed by atoms with Gasteiger partial charge >= 0.3 is 6.18 Å². The third-order valence-corrected chi connectivity index (χ3v) is 3.70. The molecule has 146 valence electrons. The maximum atomic E-state index is 12.6. The average molecular weight is 402 g/mol. The van der Waals surface area contributed by atoms with Crippen LogP contribution in [0.15, 0.2) is 41.6 Å². The molecule has 0 amide bonds. The van der Waals surface area contributed by atoms with Gasteiger partial charge in [0.05, 0.1) is 11.3 Å². The molecular formula is C18H19ClF3N3O2. The molecule has 0 N–H and O–H groups in total. The number of hydrazone groups is 1. The first kappa shape index (κ1) is 20.8. The van der Waals surface area contributed by atoms with Gasteiger partial charge in [-0.25, -0.2) is 4.98 Å². The zero-order valence-corrected chi connectivity index (χ0v) is 16.0. The highest BCUT2D eigenvalue weighted by molar-refractivity contribution is 6.31. The fourth-order valence-corrected chi connectivity index (χ4v) is 2.24. The van der Waals surface area contributed by atoms with Crippen molar-refractivity contribution < 1.29 is 22.6 Å². The van der Waals surface area contributed by atoms with E-state index in [0.717, 1.165) is 11.8 Å². The van der Waals surface area contributed by atoms with Crippen LogP contribution in [-0.2, 0) is 6.18 Å². The van der Waals surface area contributed by atoms with E-state index < -0.39 is 11.7 Å². The summed E-state index contributed by atoms with van der Waals surface area (Å²) in [6.45, 7) is 3.74. The van der Waals surface area contributed by atoms with Crippen molar-refractivity contribution in [1.29, 1.82) is 0 Å². The summed E-state index contributed by atoms with van der Waals surface area (Å²) in [5, 5.41) is 5.74. The maximum absolute atomic E-state index is 12.6. The van der Waals surface area contributed by atoms with Gasteiger partial charge in [-0.1, -0.05) is 11.6 Å². The van der Waals surface area contributed by atoms with Crippen molar-refractivity contribution in [3.05, 3.63) is 47.1 Å². The predicted octanol–water partition coefficient (Wildman–Crippen LogP) is 5.25. The van der Waals surface area contributed by atoms with Crippen molar-refractivity contribution in [2.75, 3.05) is 14.1 Å². The summed E-state index contributed by atoms with van der Waals surface area (Å²) in [6.07, 6.45) is -4.07. The lowest BCUT2D eigenvalue weighted by Crippen LogP contribution is -2.23. The van der Waals surface area contributed by atoms with E-state index >= 15 is 0 Å². The number of hydrogen-bond donors (Lipinski definition) is 0. The number of rotatable bonds is 6. The van der Waals surface area contributed by atoms with Crippen LogP contribution in [0.5, 0.6) is 17.4 Å². The van der Waals surface area contributed by atoms with Crippen LogP contribution in [0.1, 0.15) is 19.4 Å². The molecule has 1 aromatic heterocycles. The standard InChI is InChI=1S/C18H19ClF3N3O2/c1-11(24-25(3)4)12(2)26-14-5-7-15(8-6-14)27-17-16(19)9-13(10-23-17)18(20,21)22/h5-10,12H,1-4H3. The fourth-order valence-electron chi connectivity index (χ4n) is 2.04. The molecule has 0 aliphatic heterocycles. The fraction of sp³-hybridized carbons (Fsp3) is 0.333. The van der Waals surface area contributed by atoms with Gasteiger partial charge in [-0.3, -0.25) is 0 Å². The van der Waals surface area contributed by atoms with Crippen molar-refractivity contribution in [1.82, 2.24) is 9.99 Å². The van der Waals surface area contributed by atoms with Gasteiger partial charge in [-0.2, -0.15) is 18.3 Å². The normalized spacial score (nSPS) is 13.3. The van der Waals surface area contributed by atoms with E-state index in [4.69, 9.17) is 21.1 Å². The Balaban J connectivity index is 2.06. The second-order valence-corrected chi connectivity index (χ2v) is 6.34. The molecule has 0 saturated carbocycles. The summed E-state index contributed by atoms with van der Waals surface area (Å²) >= 11 is 5.83. The van der Waals surface area contributed by atoms with Crippen molar-refractivity contribution >= 4 is 17.3 Å². The number of aromatic nitrogens is 1. The van der Waals surface area contributed by atoms with Crippen LogP contribution in [0.4, 0.5) is 13.2 Å². The second-order valence-electron chi connectivity index (χ2n) is 5.93. The van der Waals surface area contributed by atoms with Gasteiger partial charge in [-0.05, 0) is 44.2 Å². The molecule has 0 aliphatic carbocycles. The lowest BCUT2D eigenvalue weighted by Gasteiger charge is -2.16.